The van der Waals surface area contributed by atoms with Gasteiger partial charge < -0.3 is 33.0 Å². The molecule has 0 saturated carbocycles. The lowest BCUT2D eigenvalue weighted by atomic mass is 10.2. The molecule has 0 radical (unpaired) electrons. The van der Waals surface area contributed by atoms with Crippen molar-refractivity contribution in [3.8, 4) is 0 Å². The van der Waals surface area contributed by atoms with Crippen LogP contribution in [0.1, 0.15) is 10.4 Å². The quantitative estimate of drug-likeness (QED) is 0.400. The van der Waals surface area contributed by atoms with Crippen LogP contribution in [-0.4, -0.2) is 21.8 Å². The molecular weight excluding hydrogens is 358 g/mol. The van der Waals surface area contributed by atoms with Crippen molar-refractivity contribution in [2.24, 2.45) is 5.73 Å². The number of aromatic amines is 2. The summed E-state index contributed by atoms with van der Waals surface area (Å²) in [6, 6.07) is 2.95. The van der Waals surface area contributed by atoms with Crippen molar-refractivity contribution in [2.45, 2.75) is 6.54 Å². The smallest absolute Gasteiger partial charge is 0.325 e. The number of anilines is 1. The van der Waals surface area contributed by atoms with Gasteiger partial charge in [-0.05, 0) is 0 Å². The lowest BCUT2D eigenvalue weighted by molar-refractivity contribution is -0.684. The van der Waals surface area contributed by atoms with E-state index in [4.69, 9.17) is 5.73 Å². The molecule has 2 amide bonds. The Morgan fingerprint density at radius 3 is 2.41 bits per heavy atom. The van der Waals surface area contributed by atoms with Crippen LogP contribution >= 0.6 is 0 Å². The molecule has 0 atom stereocenters. The first-order valence-electron chi connectivity index (χ1n) is 5.86. The van der Waals surface area contributed by atoms with Crippen LogP contribution in [0, 0.1) is 0 Å². The van der Waals surface area contributed by atoms with Crippen molar-refractivity contribution < 1.29 is 31.1 Å². The molecule has 0 aliphatic rings. The molecule has 0 aliphatic carbocycles. The van der Waals surface area contributed by atoms with Crippen LogP contribution in [0.15, 0.2) is 40.3 Å². The van der Waals surface area contributed by atoms with E-state index < -0.39 is 23.1 Å². The Labute approximate surface area is 134 Å². The molecule has 0 spiro atoms. The number of aromatic nitrogens is 3. The normalized spacial score (nSPS) is 9.64. The topological polar surface area (TPSA) is 142 Å². The summed E-state index contributed by atoms with van der Waals surface area (Å²) < 4.78 is 1.50. The minimum atomic E-state index is -0.693. The van der Waals surface area contributed by atoms with Gasteiger partial charge in [0.25, 0.3) is 11.5 Å². The van der Waals surface area contributed by atoms with Gasteiger partial charge in [0, 0.05) is 18.3 Å². The van der Waals surface area contributed by atoms with Gasteiger partial charge in [-0.1, -0.05) is 0 Å². The van der Waals surface area contributed by atoms with E-state index >= 15 is 0 Å². The summed E-state index contributed by atoms with van der Waals surface area (Å²) in [6.07, 6.45) is 4.13. The zero-order chi connectivity index (χ0) is 15.4. The molecular formula is C12H12BrN5O4. The number of amides is 2. The molecule has 10 heteroatoms. The number of primary amides is 1. The Morgan fingerprint density at radius 2 is 1.86 bits per heavy atom. The highest BCUT2D eigenvalue weighted by molar-refractivity contribution is 5.92. The van der Waals surface area contributed by atoms with E-state index in [0.717, 1.165) is 6.20 Å². The van der Waals surface area contributed by atoms with Crippen LogP contribution in [0.4, 0.5) is 5.69 Å². The van der Waals surface area contributed by atoms with Crippen molar-refractivity contribution in [3.63, 3.8) is 0 Å². The molecule has 0 saturated heterocycles. The Bertz CT molecular complexity index is 796. The number of carbonyl (C=O) groups excluding carboxylic acids is 2. The molecule has 2 aromatic rings. The van der Waals surface area contributed by atoms with Gasteiger partial charge in [-0.25, -0.2) is 4.79 Å². The van der Waals surface area contributed by atoms with Crippen LogP contribution in [0.3, 0.4) is 0 Å². The van der Waals surface area contributed by atoms with Crippen molar-refractivity contribution in [1.29, 1.82) is 0 Å². The van der Waals surface area contributed by atoms with Gasteiger partial charge >= 0.3 is 5.69 Å². The van der Waals surface area contributed by atoms with Gasteiger partial charge in [-0.2, -0.15) is 4.57 Å². The number of pyridine rings is 1. The Kier molecular flexibility index (Phi) is 5.75. The van der Waals surface area contributed by atoms with Gasteiger partial charge in [0.05, 0.1) is 5.56 Å². The summed E-state index contributed by atoms with van der Waals surface area (Å²) in [5.74, 6) is -1.03. The summed E-state index contributed by atoms with van der Waals surface area (Å²) in [4.78, 5) is 49.2. The average Bonchev–Trinajstić information content (AvgIpc) is 2.42. The minimum absolute atomic E-state index is 0. The number of nitrogens with zero attached hydrogens (tertiary/aromatic N) is 1. The summed E-state index contributed by atoms with van der Waals surface area (Å²) in [5, 5.41) is 2.36. The highest BCUT2D eigenvalue weighted by Gasteiger charge is 2.12. The van der Waals surface area contributed by atoms with E-state index in [1.165, 1.54) is 29.1 Å². The van der Waals surface area contributed by atoms with Gasteiger partial charge in [0.15, 0.2) is 12.4 Å². The molecule has 0 fully saturated rings. The van der Waals surface area contributed by atoms with Crippen molar-refractivity contribution >= 4 is 17.5 Å². The third-order valence-electron chi connectivity index (χ3n) is 2.60. The Balaban J connectivity index is 0.00000242. The highest BCUT2D eigenvalue weighted by Crippen LogP contribution is 1.94. The number of hydrogen-bond donors (Lipinski definition) is 4. The third-order valence-corrected chi connectivity index (χ3v) is 2.60. The fraction of sp³-hybridized carbons (Fsp3) is 0.0833. The molecule has 0 aliphatic heterocycles. The lowest BCUT2D eigenvalue weighted by Gasteiger charge is -2.01. The van der Waals surface area contributed by atoms with Gasteiger partial charge in [-0.3, -0.25) is 19.4 Å². The van der Waals surface area contributed by atoms with E-state index in [9.17, 15) is 19.2 Å². The summed E-state index contributed by atoms with van der Waals surface area (Å²) in [6.45, 7) is -0.0718. The molecule has 2 heterocycles. The van der Waals surface area contributed by atoms with E-state index in [-0.39, 0.29) is 29.2 Å². The predicted octanol–water partition coefficient (Wildman–Crippen LogP) is -4.91. The number of nitrogens with one attached hydrogen (secondary N) is 3. The highest BCUT2D eigenvalue weighted by atomic mass is 79.9. The van der Waals surface area contributed by atoms with Crippen LogP contribution < -0.4 is 43.8 Å². The molecule has 116 valence electrons. The number of nitrogens with two attached hydrogens (primary N) is 1. The van der Waals surface area contributed by atoms with Crippen molar-refractivity contribution in [1.82, 2.24) is 9.97 Å². The largest absolute Gasteiger partial charge is 1.00 e. The number of rotatable bonds is 4. The van der Waals surface area contributed by atoms with Crippen molar-refractivity contribution in [3.05, 3.63) is 57.1 Å². The van der Waals surface area contributed by atoms with Crippen LogP contribution in [-0.2, 0) is 11.3 Å². The Hall–Kier alpha value is -2.75. The SMILES string of the molecule is NC(=O)c1cc[n+](CC(=O)Nc2c[nH]c(=O)[nH]c2=O)cc1.[Br-]. The van der Waals surface area contributed by atoms with Crippen LogP contribution in [0.2, 0.25) is 0 Å². The molecule has 5 N–H and O–H groups in total. The first kappa shape index (κ1) is 17.3. The fourth-order valence-electron chi connectivity index (χ4n) is 1.59. The third kappa shape index (κ3) is 4.38. The maximum Gasteiger partial charge on any atom is 0.325 e. The second kappa shape index (κ2) is 7.31. The lowest BCUT2D eigenvalue weighted by Crippen LogP contribution is -3.00. The zero-order valence-corrected chi connectivity index (χ0v) is 12.7. The number of carbonyl (C=O) groups is 2. The minimum Gasteiger partial charge on any atom is -1.00 e. The Morgan fingerprint density at radius 1 is 1.23 bits per heavy atom. The summed E-state index contributed by atoms with van der Waals surface area (Å²) >= 11 is 0. The molecule has 0 aromatic carbocycles. The predicted molar refractivity (Wildman–Crippen MR) is 71.5 cm³/mol. The van der Waals surface area contributed by atoms with E-state index in [1.807, 2.05) is 4.98 Å². The monoisotopic (exact) mass is 369 g/mol. The maximum absolute atomic E-state index is 11.8. The molecule has 9 nitrogen and oxygen atoms in total. The molecule has 2 rings (SSSR count). The zero-order valence-electron chi connectivity index (χ0n) is 11.1. The van der Waals surface area contributed by atoms with E-state index in [0.29, 0.717) is 5.56 Å². The number of halogens is 1. The van der Waals surface area contributed by atoms with Gasteiger partial charge in [0.1, 0.15) is 5.69 Å². The van der Waals surface area contributed by atoms with Crippen LogP contribution in [0.25, 0.3) is 0 Å². The van der Waals surface area contributed by atoms with E-state index in [2.05, 4.69) is 10.3 Å². The molecule has 22 heavy (non-hydrogen) atoms. The first-order chi connectivity index (χ1) is 9.95. The second-order valence-electron chi connectivity index (χ2n) is 4.16. The summed E-state index contributed by atoms with van der Waals surface area (Å²) in [7, 11) is 0. The molecule has 0 bridgehead atoms. The number of H-pyrrole nitrogens is 2. The fourth-order valence-corrected chi connectivity index (χ4v) is 1.59. The van der Waals surface area contributed by atoms with Crippen LogP contribution in [0.5, 0.6) is 0 Å². The first-order valence-corrected chi connectivity index (χ1v) is 5.86. The van der Waals surface area contributed by atoms with Gasteiger partial charge in [0.2, 0.25) is 12.5 Å². The van der Waals surface area contributed by atoms with Crippen molar-refractivity contribution in [2.75, 3.05) is 5.32 Å². The second-order valence-corrected chi connectivity index (χ2v) is 4.16. The number of hydrogen-bond acceptors (Lipinski definition) is 4. The average molecular weight is 370 g/mol. The molecule has 2 aromatic heterocycles. The summed E-state index contributed by atoms with van der Waals surface area (Å²) in [5.41, 5.74) is 4.01. The standard InChI is InChI=1S/C12H11N5O4.BrH/c13-10(19)7-1-3-17(4-2-7)6-9(18)15-8-5-14-12(21)16-11(8)20;/h1-5H,6,13H2,(H2,16,19,20,21);1H. The molecule has 0 unspecified atom stereocenters. The van der Waals surface area contributed by atoms with Gasteiger partial charge in [-0.15, -0.1) is 0 Å². The van der Waals surface area contributed by atoms with E-state index in [1.54, 1.807) is 0 Å². The maximum atomic E-state index is 11.8.